The van der Waals surface area contributed by atoms with Gasteiger partial charge in [-0.05, 0) is 46.7 Å². The summed E-state index contributed by atoms with van der Waals surface area (Å²) in [5, 5.41) is 0. The van der Waals surface area contributed by atoms with Crippen molar-refractivity contribution >= 4 is 5.78 Å². The van der Waals surface area contributed by atoms with E-state index in [4.69, 9.17) is 4.74 Å². The molecule has 34 heavy (non-hydrogen) atoms. The zero-order chi connectivity index (χ0) is 25.1. The Kier molecular flexibility index (Phi) is 7.29. The summed E-state index contributed by atoms with van der Waals surface area (Å²) in [6, 6.07) is 13.3. The highest BCUT2D eigenvalue weighted by Gasteiger charge is 2.33. The molecule has 5 nitrogen and oxygen atoms in total. The Balaban J connectivity index is 1.84. The summed E-state index contributed by atoms with van der Waals surface area (Å²) in [5.74, 6) is 0.337. The lowest BCUT2D eigenvalue weighted by Crippen LogP contribution is -2.24. The monoisotopic (exact) mass is 472 g/mol. The maximum atomic E-state index is 13.1. The van der Waals surface area contributed by atoms with Gasteiger partial charge in [0.1, 0.15) is 17.3 Å². The summed E-state index contributed by atoms with van der Waals surface area (Å²) in [6.45, 7) is 5.76. The van der Waals surface area contributed by atoms with E-state index in [-0.39, 0.29) is 23.8 Å². The quantitative estimate of drug-likeness (QED) is 0.442. The van der Waals surface area contributed by atoms with Crippen molar-refractivity contribution in [3.63, 3.8) is 0 Å². The normalized spacial score (nSPS) is 12.9. The number of nitrogens with one attached hydrogen (secondary N) is 1. The van der Waals surface area contributed by atoms with Crippen molar-refractivity contribution in [3.8, 4) is 5.75 Å². The molecule has 0 bridgehead atoms. The molecule has 0 saturated carbocycles. The van der Waals surface area contributed by atoms with Gasteiger partial charge in [0.05, 0.1) is 12.7 Å². The molecule has 0 saturated heterocycles. The first-order chi connectivity index (χ1) is 15.9. The average Bonchev–Trinajstić information content (AvgIpc) is 2.76. The van der Waals surface area contributed by atoms with Crippen LogP contribution in [0.4, 0.5) is 13.2 Å². The lowest BCUT2D eigenvalue weighted by Gasteiger charge is -2.31. The first-order valence-corrected chi connectivity index (χ1v) is 10.8. The van der Waals surface area contributed by atoms with Gasteiger partial charge in [0.2, 0.25) is 0 Å². The highest BCUT2D eigenvalue weighted by atomic mass is 19.4. The van der Waals surface area contributed by atoms with Crippen LogP contribution in [0.5, 0.6) is 5.75 Å². The summed E-state index contributed by atoms with van der Waals surface area (Å²) in [4.78, 5) is 32.4. The molecule has 0 fully saturated rings. The predicted octanol–water partition coefficient (Wildman–Crippen LogP) is 5.79. The van der Waals surface area contributed by atoms with Crippen molar-refractivity contribution in [2.75, 3.05) is 7.11 Å². The second-order valence-electron chi connectivity index (χ2n) is 9.27. The Morgan fingerprint density at radius 1 is 1.03 bits per heavy atom. The minimum atomic E-state index is -4.43. The number of ketones is 1. The second kappa shape index (κ2) is 9.83. The van der Waals surface area contributed by atoms with Crippen LogP contribution in [0.3, 0.4) is 0 Å². The fourth-order valence-corrected chi connectivity index (χ4v) is 3.79. The molecule has 8 heteroatoms. The molecule has 2 aromatic carbocycles. The zero-order valence-corrected chi connectivity index (χ0v) is 19.5. The molecular formula is C26H27F3N2O3. The third-order valence-corrected chi connectivity index (χ3v) is 5.68. The SMILES string of the molecule is COc1ccc(Cc2nc(C(=O)C[C@@H](c3ccc(C(F)(F)F)cc3)C(C)(C)C)cc(=O)[nH]2)cc1. The van der Waals surface area contributed by atoms with Crippen LogP contribution in [0.2, 0.25) is 0 Å². The number of H-pyrrole nitrogens is 1. The van der Waals surface area contributed by atoms with Crippen LogP contribution in [0, 0.1) is 5.41 Å². The number of halogens is 3. The van der Waals surface area contributed by atoms with Crippen LogP contribution in [-0.4, -0.2) is 22.9 Å². The summed E-state index contributed by atoms with van der Waals surface area (Å²) in [6.07, 6.45) is -4.10. The molecule has 0 aliphatic rings. The van der Waals surface area contributed by atoms with E-state index in [1.54, 1.807) is 19.2 Å². The van der Waals surface area contributed by atoms with Crippen LogP contribution < -0.4 is 10.3 Å². The number of aromatic nitrogens is 2. The lowest BCUT2D eigenvalue weighted by atomic mass is 9.73. The molecule has 3 rings (SSSR count). The molecule has 3 aromatic rings. The van der Waals surface area contributed by atoms with E-state index in [0.29, 0.717) is 23.6 Å². The third-order valence-electron chi connectivity index (χ3n) is 5.68. The number of hydrogen-bond acceptors (Lipinski definition) is 4. The molecule has 1 atom stereocenters. The highest BCUT2D eigenvalue weighted by Crippen LogP contribution is 2.39. The number of methoxy groups -OCH3 is 1. The van der Waals surface area contributed by atoms with E-state index in [2.05, 4.69) is 9.97 Å². The molecule has 0 spiro atoms. The first kappa shape index (κ1) is 25.2. The molecule has 1 N–H and O–H groups in total. The van der Waals surface area contributed by atoms with Gasteiger partial charge >= 0.3 is 6.18 Å². The summed E-state index contributed by atoms with van der Waals surface area (Å²) < 4.78 is 44.0. The van der Waals surface area contributed by atoms with Gasteiger partial charge in [0.15, 0.2) is 5.78 Å². The van der Waals surface area contributed by atoms with Gasteiger partial charge in [-0.3, -0.25) is 9.59 Å². The number of aromatic amines is 1. The smallest absolute Gasteiger partial charge is 0.416 e. The van der Waals surface area contributed by atoms with Crippen molar-refractivity contribution in [1.29, 1.82) is 0 Å². The Morgan fingerprint density at radius 2 is 1.65 bits per heavy atom. The molecule has 0 aliphatic heterocycles. The number of nitrogens with zero attached hydrogens (tertiary/aromatic N) is 1. The molecule has 0 amide bonds. The minimum absolute atomic E-state index is 0.00724. The maximum Gasteiger partial charge on any atom is 0.416 e. The van der Waals surface area contributed by atoms with Crippen LogP contribution in [0.15, 0.2) is 59.4 Å². The molecule has 180 valence electrons. The van der Waals surface area contributed by atoms with Crippen LogP contribution in [0.1, 0.15) is 66.1 Å². The lowest BCUT2D eigenvalue weighted by molar-refractivity contribution is -0.137. The number of benzene rings is 2. The van der Waals surface area contributed by atoms with E-state index >= 15 is 0 Å². The fourth-order valence-electron chi connectivity index (χ4n) is 3.79. The number of carbonyl (C=O) groups is 1. The number of Topliss-reactive ketones (excluding diaryl/α,β-unsaturated/α-hetero) is 1. The molecule has 1 heterocycles. The Hall–Kier alpha value is -3.42. The molecule has 1 aromatic heterocycles. The number of carbonyl (C=O) groups excluding carboxylic acids is 1. The number of rotatable bonds is 7. The van der Waals surface area contributed by atoms with Gasteiger partial charge in [0, 0.05) is 18.9 Å². The van der Waals surface area contributed by atoms with E-state index in [0.717, 1.165) is 23.8 Å². The zero-order valence-electron chi connectivity index (χ0n) is 19.5. The van der Waals surface area contributed by atoms with E-state index in [1.807, 2.05) is 32.9 Å². The van der Waals surface area contributed by atoms with Crippen molar-refractivity contribution in [1.82, 2.24) is 9.97 Å². The van der Waals surface area contributed by atoms with E-state index in [9.17, 15) is 22.8 Å². The van der Waals surface area contributed by atoms with Crippen molar-refractivity contribution in [2.45, 2.75) is 45.7 Å². The maximum absolute atomic E-state index is 13.1. The van der Waals surface area contributed by atoms with Gasteiger partial charge < -0.3 is 9.72 Å². The standard InChI is InChI=1S/C26H27F3N2O3/c1-25(2,3)20(17-7-9-18(10-8-17)26(27,28)29)14-22(32)21-15-24(33)31-23(30-21)13-16-5-11-19(34-4)12-6-16/h5-12,15,20H,13-14H2,1-4H3,(H,30,31,33)/t20-/m0/s1. The molecule has 0 unspecified atom stereocenters. The first-order valence-electron chi connectivity index (χ1n) is 10.8. The van der Waals surface area contributed by atoms with Crippen LogP contribution >= 0.6 is 0 Å². The van der Waals surface area contributed by atoms with E-state index in [1.165, 1.54) is 12.1 Å². The van der Waals surface area contributed by atoms with Gasteiger partial charge in [-0.15, -0.1) is 0 Å². The Bertz CT molecular complexity index is 1190. The van der Waals surface area contributed by atoms with Gasteiger partial charge in [-0.25, -0.2) is 4.98 Å². The fraction of sp³-hybridized carbons (Fsp3) is 0.346. The highest BCUT2D eigenvalue weighted by molar-refractivity contribution is 5.94. The molecular weight excluding hydrogens is 445 g/mol. The largest absolute Gasteiger partial charge is 0.497 e. The third kappa shape index (κ3) is 6.34. The van der Waals surface area contributed by atoms with Crippen molar-refractivity contribution in [3.05, 3.63) is 93.2 Å². The van der Waals surface area contributed by atoms with Gasteiger partial charge in [-0.2, -0.15) is 13.2 Å². The summed E-state index contributed by atoms with van der Waals surface area (Å²) >= 11 is 0. The number of ether oxygens (including phenoxy) is 1. The Morgan fingerprint density at radius 3 is 2.18 bits per heavy atom. The average molecular weight is 473 g/mol. The van der Waals surface area contributed by atoms with Gasteiger partial charge in [0.25, 0.3) is 5.56 Å². The van der Waals surface area contributed by atoms with Crippen molar-refractivity contribution in [2.24, 2.45) is 5.41 Å². The number of hydrogen-bond donors (Lipinski definition) is 1. The summed E-state index contributed by atoms with van der Waals surface area (Å²) in [5.41, 5.74) is -0.0578. The minimum Gasteiger partial charge on any atom is -0.497 e. The second-order valence-corrected chi connectivity index (χ2v) is 9.27. The Labute approximate surface area is 196 Å². The van der Waals surface area contributed by atoms with Crippen LogP contribution in [-0.2, 0) is 12.6 Å². The molecule has 0 aliphatic carbocycles. The van der Waals surface area contributed by atoms with Crippen LogP contribution in [0.25, 0.3) is 0 Å². The van der Waals surface area contributed by atoms with E-state index < -0.39 is 22.7 Å². The summed E-state index contributed by atoms with van der Waals surface area (Å²) in [7, 11) is 1.57. The topological polar surface area (TPSA) is 72.0 Å². The number of alkyl halides is 3. The van der Waals surface area contributed by atoms with Crippen molar-refractivity contribution < 1.29 is 22.7 Å². The predicted molar refractivity (Wildman–Crippen MR) is 123 cm³/mol. The van der Waals surface area contributed by atoms with Gasteiger partial charge in [-0.1, -0.05) is 45.0 Å². The molecule has 0 radical (unpaired) electrons.